The van der Waals surface area contributed by atoms with Crippen LogP contribution in [0.1, 0.15) is 11.4 Å². The van der Waals surface area contributed by atoms with Crippen molar-refractivity contribution in [3.8, 4) is 11.4 Å². The van der Waals surface area contributed by atoms with Crippen molar-refractivity contribution >= 4 is 29.7 Å². The second kappa shape index (κ2) is 8.66. The maximum absolute atomic E-state index is 13.0. The number of carbonyl (C=O) groups excluding carboxylic acids is 1. The number of aromatic amines is 1. The largest absolute Gasteiger partial charge is 0.484 e. The molecule has 2 N–H and O–H groups in total. The number of hydrogen-bond donors (Lipinski definition) is 2. The highest BCUT2D eigenvalue weighted by molar-refractivity contribution is 7.71. The Bertz CT molecular complexity index is 1060. The number of halogens is 4. The molecule has 2 aromatic carbocycles. The minimum Gasteiger partial charge on any atom is -0.484 e. The molecule has 29 heavy (non-hydrogen) atoms. The first-order chi connectivity index (χ1) is 13.7. The SMILES string of the molecule is O=C(COc1ccc(Cl)cc1)NCc1n[nH]c(=S)n1-c1cccc(C(F)(F)F)c1. The van der Waals surface area contributed by atoms with Gasteiger partial charge in [-0.25, -0.2) is 0 Å². The van der Waals surface area contributed by atoms with E-state index in [0.29, 0.717) is 10.8 Å². The minimum atomic E-state index is -4.49. The van der Waals surface area contributed by atoms with E-state index in [4.69, 9.17) is 28.6 Å². The van der Waals surface area contributed by atoms with Crippen molar-refractivity contribution in [3.63, 3.8) is 0 Å². The van der Waals surface area contributed by atoms with Crippen LogP contribution in [0.3, 0.4) is 0 Å². The van der Waals surface area contributed by atoms with Gasteiger partial charge in [0, 0.05) is 5.02 Å². The molecule has 1 amide bonds. The van der Waals surface area contributed by atoms with Crippen molar-refractivity contribution in [1.82, 2.24) is 20.1 Å². The summed E-state index contributed by atoms with van der Waals surface area (Å²) in [6.45, 7) is -0.317. The Kier molecular flexibility index (Phi) is 6.23. The average Bonchev–Trinajstić information content (AvgIpc) is 3.06. The fourth-order valence-electron chi connectivity index (χ4n) is 2.44. The molecule has 0 aliphatic heterocycles. The molecule has 6 nitrogen and oxygen atoms in total. The van der Waals surface area contributed by atoms with E-state index in [-0.39, 0.29) is 29.4 Å². The third kappa shape index (κ3) is 5.36. The van der Waals surface area contributed by atoms with E-state index in [0.717, 1.165) is 12.1 Å². The predicted molar refractivity (Wildman–Crippen MR) is 103 cm³/mol. The van der Waals surface area contributed by atoms with Crippen molar-refractivity contribution in [2.24, 2.45) is 0 Å². The monoisotopic (exact) mass is 442 g/mol. The number of hydrogen-bond acceptors (Lipinski definition) is 4. The van der Waals surface area contributed by atoms with E-state index in [9.17, 15) is 18.0 Å². The summed E-state index contributed by atoms with van der Waals surface area (Å²) in [5, 5.41) is 9.63. The summed E-state index contributed by atoms with van der Waals surface area (Å²) in [6.07, 6.45) is -4.49. The molecule has 11 heteroatoms. The van der Waals surface area contributed by atoms with Crippen LogP contribution >= 0.6 is 23.8 Å². The molecule has 0 aliphatic carbocycles. The zero-order valence-corrected chi connectivity index (χ0v) is 16.2. The Labute approximate surface area is 173 Å². The number of aromatic nitrogens is 3. The molecule has 0 bridgehead atoms. The van der Waals surface area contributed by atoms with E-state index in [1.165, 1.54) is 16.7 Å². The molecular formula is C18H14ClF3N4O2S. The lowest BCUT2D eigenvalue weighted by Crippen LogP contribution is -2.29. The van der Waals surface area contributed by atoms with Gasteiger partial charge < -0.3 is 10.1 Å². The lowest BCUT2D eigenvalue weighted by atomic mass is 10.2. The summed E-state index contributed by atoms with van der Waals surface area (Å²) in [7, 11) is 0. The maximum Gasteiger partial charge on any atom is 0.416 e. The van der Waals surface area contributed by atoms with Crippen LogP contribution in [0.5, 0.6) is 5.75 Å². The first kappa shape index (κ1) is 20.9. The zero-order valence-electron chi connectivity index (χ0n) is 14.7. The molecule has 0 aliphatic rings. The van der Waals surface area contributed by atoms with Gasteiger partial charge in [-0.3, -0.25) is 14.5 Å². The van der Waals surface area contributed by atoms with Crippen molar-refractivity contribution in [2.45, 2.75) is 12.7 Å². The number of amides is 1. The van der Waals surface area contributed by atoms with E-state index in [1.807, 2.05) is 0 Å². The zero-order chi connectivity index (χ0) is 21.0. The van der Waals surface area contributed by atoms with Gasteiger partial charge in [-0.1, -0.05) is 17.7 Å². The van der Waals surface area contributed by atoms with Gasteiger partial charge in [0.05, 0.1) is 17.8 Å². The summed E-state index contributed by atoms with van der Waals surface area (Å²) >= 11 is 10.9. The Morgan fingerprint density at radius 1 is 1.24 bits per heavy atom. The topological polar surface area (TPSA) is 71.9 Å². The first-order valence-electron chi connectivity index (χ1n) is 8.23. The third-order valence-electron chi connectivity index (χ3n) is 3.80. The number of alkyl halides is 3. The molecule has 3 rings (SSSR count). The van der Waals surface area contributed by atoms with Gasteiger partial charge in [0.2, 0.25) is 0 Å². The summed E-state index contributed by atoms with van der Waals surface area (Å²) in [5.41, 5.74) is -0.635. The second-order valence-electron chi connectivity index (χ2n) is 5.85. The second-order valence-corrected chi connectivity index (χ2v) is 6.67. The Balaban J connectivity index is 1.68. The van der Waals surface area contributed by atoms with Gasteiger partial charge in [0.15, 0.2) is 17.2 Å². The summed E-state index contributed by atoms with van der Waals surface area (Å²) in [4.78, 5) is 12.0. The molecule has 0 unspecified atom stereocenters. The van der Waals surface area contributed by atoms with Crippen molar-refractivity contribution in [1.29, 1.82) is 0 Å². The molecule has 0 radical (unpaired) electrons. The molecule has 0 atom stereocenters. The fraction of sp³-hybridized carbons (Fsp3) is 0.167. The van der Waals surface area contributed by atoms with Crippen LogP contribution in [-0.2, 0) is 17.5 Å². The smallest absolute Gasteiger partial charge is 0.416 e. The van der Waals surface area contributed by atoms with Crippen LogP contribution in [-0.4, -0.2) is 27.3 Å². The molecular weight excluding hydrogens is 429 g/mol. The number of carbonyl (C=O) groups is 1. The van der Waals surface area contributed by atoms with Gasteiger partial charge in [-0.15, -0.1) is 0 Å². The molecule has 0 fully saturated rings. The standard InChI is InChI=1S/C18H14ClF3N4O2S/c19-12-4-6-14(7-5-12)28-10-16(27)23-9-15-24-25-17(29)26(15)13-3-1-2-11(8-13)18(20,21)22/h1-8H,9-10H2,(H,23,27)(H,25,29). The fourth-order valence-corrected chi connectivity index (χ4v) is 2.83. The quantitative estimate of drug-likeness (QED) is 0.558. The number of H-pyrrole nitrogens is 1. The van der Waals surface area contributed by atoms with E-state index in [1.54, 1.807) is 24.3 Å². The number of rotatable bonds is 6. The number of nitrogens with zero attached hydrogens (tertiary/aromatic N) is 2. The molecule has 3 aromatic rings. The van der Waals surface area contributed by atoms with Gasteiger partial charge in [-0.05, 0) is 54.7 Å². The van der Waals surface area contributed by atoms with E-state index >= 15 is 0 Å². The highest BCUT2D eigenvalue weighted by Gasteiger charge is 2.30. The highest BCUT2D eigenvalue weighted by Crippen LogP contribution is 2.30. The molecule has 0 saturated carbocycles. The number of nitrogens with one attached hydrogen (secondary N) is 2. The van der Waals surface area contributed by atoms with Crippen LogP contribution in [0.2, 0.25) is 5.02 Å². The molecule has 0 spiro atoms. The Hall–Kier alpha value is -2.85. The van der Waals surface area contributed by atoms with Gasteiger partial charge in [-0.2, -0.15) is 18.3 Å². The lowest BCUT2D eigenvalue weighted by Gasteiger charge is -2.11. The molecule has 1 aromatic heterocycles. The molecule has 1 heterocycles. The Morgan fingerprint density at radius 3 is 2.66 bits per heavy atom. The van der Waals surface area contributed by atoms with E-state index < -0.39 is 17.6 Å². The van der Waals surface area contributed by atoms with Crippen LogP contribution in [0.4, 0.5) is 13.2 Å². The van der Waals surface area contributed by atoms with E-state index in [2.05, 4.69) is 15.5 Å². The number of ether oxygens (including phenoxy) is 1. The van der Waals surface area contributed by atoms with Crippen molar-refractivity contribution < 1.29 is 22.7 Å². The highest BCUT2D eigenvalue weighted by atomic mass is 35.5. The molecule has 0 saturated heterocycles. The first-order valence-corrected chi connectivity index (χ1v) is 9.01. The summed E-state index contributed by atoms with van der Waals surface area (Å²) in [6, 6.07) is 11.2. The third-order valence-corrected chi connectivity index (χ3v) is 4.33. The normalized spacial score (nSPS) is 11.3. The maximum atomic E-state index is 13.0. The average molecular weight is 443 g/mol. The Morgan fingerprint density at radius 2 is 1.97 bits per heavy atom. The van der Waals surface area contributed by atoms with Crippen LogP contribution < -0.4 is 10.1 Å². The molecule has 152 valence electrons. The minimum absolute atomic E-state index is 0.0633. The van der Waals surface area contributed by atoms with Crippen LogP contribution in [0.25, 0.3) is 5.69 Å². The van der Waals surface area contributed by atoms with Crippen molar-refractivity contribution in [3.05, 3.63) is 69.7 Å². The van der Waals surface area contributed by atoms with Crippen LogP contribution in [0, 0.1) is 4.77 Å². The summed E-state index contributed by atoms with van der Waals surface area (Å²) < 4.78 is 45.7. The number of benzene rings is 2. The van der Waals surface area contributed by atoms with Crippen LogP contribution in [0.15, 0.2) is 48.5 Å². The predicted octanol–water partition coefficient (Wildman–Crippen LogP) is 4.30. The summed E-state index contributed by atoms with van der Waals surface area (Å²) in [5.74, 6) is 0.273. The van der Waals surface area contributed by atoms with Gasteiger partial charge >= 0.3 is 6.18 Å². The van der Waals surface area contributed by atoms with Crippen molar-refractivity contribution in [2.75, 3.05) is 6.61 Å². The van der Waals surface area contributed by atoms with Gasteiger partial charge in [0.25, 0.3) is 5.91 Å². The van der Waals surface area contributed by atoms with Gasteiger partial charge in [0.1, 0.15) is 5.75 Å². The lowest BCUT2D eigenvalue weighted by molar-refractivity contribution is -0.137.